The van der Waals surface area contributed by atoms with Crippen LogP contribution >= 0.6 is 11.6 Å². The van der Waals surface area contributed by atoms with Gasteiger partial charge in [0.25, 0.3) is 0 Å². The lowest BCUT2D eigenvalue weighted by molar-refractivity contribution is -0.138. The second-order valence-corrected chi connectivity index (χ2v) is 5.59. The number of hydrogen-bond donors (Lipinski definition) is 1. The molecule has 0 bridgehead atoms. The van der Waals surface area contributed by atoms with Crippen molar-refractivity contribution < 1.29 is 24.1 Å². The Bertz CT molecular complexity index is 712. The number of ether oxygens (including phenoxy) is 3. The van der Waals surface area contributed by atoms with Gasteiger partial charge in [0.05, 0.1) is 32.3 Å². The summed E-state index contributed by atoms with van der Waals surface area (Å²) in [5.74, 6) is -0.0358. The number of halogens is 1. The zero-order valence-corrected chi connectivity index (χ0v) is 14.5. The van der Waals surface area contributed by atoms with Gasteiger partial charge in [-0.2, -0.15) is 0 Å². The van der Waals surface area contributed by atoms with Crippen LogP contribution in [0, 0.1) is 0 Å². The highest BCUT2D eigenvalue weighted by Gasteiger charge is 2.22. The van der Waals surface area contributed by atoms with Gasteiger partial charge in [0, 0.05) is 0 Å². The van der Waals surface area contributed by atoms with E-state index in [4.69, 9.17) is 25.8 Å². The lowest BCUT2D eigenvalue weighted by Crippen LogP contribution is -2.14. The van der Waals surface area contributed by atoms with Crippen molar-refractivity contribution in [3.05, 3.63) is 52.5 Å². The Balaban J connectivity index is 2.34. The van der Waals surface area contributed by atoms with Gasteiger partial charge in [0.1, 0.15) is 5.75 Å². The van der Waals surface area contributed by atoms with Crippen molar-refractivity contribution in [2.24, 2.45) is 0 Å². The topological polar surface area (TPSA) is 65.0 Å². The van der Waals surface area contributed by atoms with Gasteiger partial charge in [0.2, 0.25) is 0 Å². The predicted octanol–water partition coefficient (Wildman–Crippen LogP) is 3.78. The van der Waals surface area contributed by atoms with Crippen LogP contribution in [0.15, 0.2) is 36.4 Å². The molecule has 0 aliphatic carbocycles. The Morgan fingerprint density at radius 1 is 1.08 bits per heavy atom. The van der Waals surface area contributed by atoms with E-state index < -0.39 is 11.9 Å². The first-order valence-electron chi connectivity index (χ1n) is 7.27. The zero-order valence-electron chi connectivity index (χ0n) is 13.7. The average molecular weight is 351 g/mol. The highest BCUT2D eigenvalue weighted by molar-refractivity contribution is 6.32. The largest absolute Gasteiger partial charge is 0.497 e. The summed E-state index contributed by atoms with van der Waals surface area (Å²) >= 11 is 6.19. The van der Waals surface area contributed by atoms with Crippen LogP contribution in [0.25, 0.3) is 0 Å². The molecule has 0 amide bonds. The number of carboxylic acids is 1. The molecule has 0 heterocycles. The summed E-state index contributed by atoms with van der Waals surface area (Å²) in [4.78, 5) is 11.7. The molecule has 0 saturated heterocycles. The first-order chi connectivity index (χ1) is 11.5. The standard InChI is InChI=1S/C18H19ClO5/c1-22-13-6-4-12(5-7-13)14(18(20)21)8-11-9-15(19)17(24-3)16(10-11)23-2/h4-7,9-10,14H,8H2,1-3H3,(H,20,21). The van der Waals surface area contributed by atoms with E-state index in [0.717, 1.165) is 5.56 Å². The Hall–Kier alpha value is -2.40. The number of carboxylic acid groups (broad SMARTS) is 1. The molecule has 1 unspecified atom stereocenters. The van der Waals surface area contributed by atoms with Crippen LogP contribution in [-0.2, 0) is 11.2 Å². The minimum Gasteiger partial charge on any atom is -0.497 e. The minimum atomic E-state index is -0.911. The van der Waals surface area contributed by atoms with Gasteiger partial charge in [-0.3, -0.25) is 4.79 Å². The van der Waals surface area contributed by atoms with Gasteiger partial charge in [-0.05, 0) is 41.8 Å². The fourth-order valence-corrected chi connectivity index (χ4v) is 2.82. The fraction of sp³-hybridized carbons (Fsp3) is 0.278. The number of aliphatic carboxylic acids is 1. The Morgan fingerprint density at radius 2 is 1.75 bits per heavy atom. The van der Waals surface area contributed by atoms with Gasteiger partial charge >= 0.3 is 5.97 Å². The van der Waals surface area contributed by atoms with Crippen molar-refractivity contribution in [3.8, 4) is 17.2 Å². The Morgan fingerprint density at radius 3 is 2.25 bits per heavy atom. The lowest BCUT2D eigenvalue weighted by atomic mass is 9.92. The Labute approximate surface area is 145 Å². The van der Waals surface area contributed by atoms with Crippen LogP contribution in [0.5, 0.6) is 17.2 Å². The zero-order chi connectivity index (χ0) is 17.7. The van der Waals surface area contributed by atoms with Gasteiger partial charge in [-0.15, -0.1) is 0 Å². The van der Waals surface area contributed by atoms with E-state index in [1.165, 1.54) is 14.2 Å². The Kier molecular flexibility index (Phi) is 5.93. The summed E-state index contributed by atoms with van der Waals surface area (Å²) in [5, 5.41) is 9.97. The van der Waals surface area contributed by atoms with Crippen molar-refractivity contribution in [1.82, 2.24) is 0 Å². The van der Waals surface area contributed by atoms with E-state index in [1.807, 2.05) is 0 Å². The molecule has 128 valence electrons. The van der Waals surface area contributed by atoms with Gasteiger partial charge < -0.3 is 19.3 Å². The highest BCUT2D eigenvalue weighted by atomic mass is 35.5. The van der Waals surface area contributed by atoms with E-state index in [2.05, 4.69) is 0 Å². The number of carbonyl (C=O) groups is 1. The molecule has 0 aliphatic rings. The molecule has 0 radical (unpaired) electrons. The molecule has 0 fully saturated rings. The molecule has 0 aliphatic heterocycles. The average Bonchev–Trinajstić information content (AvgIpc) is 2.59. The number of rotatable bonds is 7. The van der Waals surface area contributed by atoms with Crippen LogP contribution < -0.4 is 14.2 Å². The van der Waals surface area contributed by atoms with Crippen LogP contribution in [0.3, 0.4) is 0 Å². The minimum absolute atomic E-state index is 0.280. The summed E-state index contributed by atoms with van der Waals surface area (Å²) in [6, 6.07) is 10.4. The van der Waals surface area contributed by atoms with E-state index >= 15 is 0 Å². The molecule has 1 N–H and O–H groups in total. The summed E-state index contributed by atoms with van der Waals surface area (Å²) in [5.41, 5.74) is 1.44. The van der Waals surface area contributed by atoms with Crippen molar-refractivity contribution in [2.45, 2.75) is 12.3 Å². The van der Waals surface area contributed by atoms with Crippen LogP contribution in [-0.4, -0.2) is 32.4 Å². The maximum atomic E-state index is 11.7. The van der Waals surface area contributed by atoms with Crippen LogP contribution in [0.2, 0.25) is 5.02 Å². The quantitative estimate of drug-likeness (QED) is 0.823. The second kappa shape index (κ2) is 7.93. The van der Waals surface area contributed by atoms with E-state index in [0.29, 0.717) is 27.8 Å². The molecule has 1 atom stereocenters. The van der Waals surface area contributed by atoms with E-state index in [1.54, 1.807) is 43.5 Å². The van der Waals surface area contributed by atoms with Gasteiger partial charge in [-0.1, -0.05) is 23.7 Å². The lowest BCUT2D eigenvalue weighted by Gasteiger charge is -2.16. The number of hydrogen-bond acceptors (Lipinski definition) is 4. The number of benzene rings is 2. The van der Waals surface area contributed by atoms with Gasteiger partial charge in [0.15, 0.2) is 11.5 Å². The van der Waals surface area contributed by atoms with Crippen molar-refractivity contribution >= 4 is 17.6 Å². The van der Waals surface area contributed by atoms with Crippen molar-refractivity contribution in [1.29, 1.82) is 0 Å². The smallest absolute Gasteiger partial charge is 0.311 e. The molecule has 5 nitrogen and oxygen atoms in total. The molecular formula is C18H19ClO5. The van der Waals surface area contributed by atoms with E-state index in [9.17, 15) is 9.90 Å². The summed E-state index contributed by atoms with van der Waals surface area (Å²) < 4.78 is 15.6. The molecule has 0 saturated carbocycles. The molecule has 0 spiro atoms. The second-order valence-electron chi connectivity index (χ2n) is 5.18. The maximum absolute atomic E-state index is 11.7. The molecule has 24 heavy (non-hydrogen) atoms. The molecular weight excluding hydrogens is 332 g/mol. The summed E-state index contributed by atoms with van der Waals surface area (Å²) in [6.45, 7) is 0. The first kappa shape index (κ1) is 17.9. The molecule has 6 heteroatoms. The molecule has 2 rings (SSSR count). The summed E-state index contributed by atoms with van der Waals surface area (Å²) in [7, 11) is 4.58. The third-order valence-electron chi connectivity index (χ3n) is 3.75. The third-order valence-corrected chi connectivity index (χ3v) is 4.03. The first-order valence-corrected chi connectivity index (χ1v) is 7.65. The monoisotopic (exact) mass is 350 g/mol. The molecule has 2 aromatic carbocycles. The number of methoxy groups -OCH3 is 3. The molecule has 0 aromatic heterocycles. The summed E-state index contributed by atoms with van der Waals surface area (Å²) in [6.07, 6.45) is 0.280. The van der Waals surface area contributed by atoms with Crippen LogP contribution in [0.4, 0.5) is 0 Å². The fourth-order valence-electron chi connectivity index (χ4n) is 2.51. The van der Waals surface area contributed by atoms with Gasteiger partial charge in [-0.25, -0.2) is 0 Å². The third kappa shape index (κ3) is 3.92. The maximum Gasteiger partial charge on any atom is 0.311 e. The normalized spacial score (nSPS) is 11.7. The SMILES string of the molecule is COc1ccc(C(Cc2cc(Cl)c(OC)c(OC)c2)C(=O)O)cc1. The van der Waals surface area contributed by atoms with Crippen LogP contribution in [0.1, 0.15) is 17.0 Å². The van der Waals surface area contributed by atoms with E-state index in [-0.39, 0.29) is 6.42 Å². The van der Waals surface area contributed by atoms with Crippen molar-refractivity contribution in [2.75, 3.05) is 21.3 Å². The highest BCUT2D eigenvalue weighted by Crippen LogP contribution is 2.37. The predicted molar refractivity (Wildman–Crippen MR) is 91.6 cm³/mol. The molecule has 2 aromatic rings. The van der Waals surface area contributed by atoms with Crippen molar-refractivity contribution in [3.63, 3.8) is 0 Å².